The molecule has 0 spiro atoms. The normalized spacial score (nSPS) is 12.1. The van der Waals surface area contributed by atoms with Gasteiger partial charge in [-0.05, 0) is 0 Å². The summed E-state index contributed by atoms with van der Waals surface area (Å²) in [5, 5.41) is 0. The summed E-state index contributed by atoms with van der Waals surface area (Å²) >= 11 is -3.09. The summed E-state index contributed by atoms with van der Waals surface area (Å²) in [6.45, 7) is 6.46. The van der Waals surface area contributed by atoms with Gasteiger partial charge in [-0.3, -0.25) is 0 Å². The van der Waals surface area contributed by atoms with E-state index in [1.807, 2.05) is 18.2 Å². The molecule has 2 nitrogen and oxygen atoms in total. The molecule has 33 heavy (non-hydrogen) atoms. The summed E-state index contributed by atoms with van der Waals surface area (Å²) in [6, 6.07) is 16.5. The summed E-state index contributed by atoms with van der Waals surface area (Å²) in [6.07, 6.45) is 1.62. The molecule has 0 heterocycles. The summed E-state index contributed by atoms with van der Waals surface area (Å²) in [4.78, 5) is 13.7. The number of alkyl halides is 3. The fraction of sp³-hybridized carbons (Fsp3) is 0.519. The van der Waals surface area contributed by atoms with Crippen LogP contribution in [0.2, 0.25) is 13.3 Å². The van der Waals surface area contributed by atoms with Crippen LogP contribution < -0.4 is 8.48 Å². The van der Waals surface area contributed by atoms with E-state index in [1.54, 1.807) is 36.4 Å². The first-order valence-corrected chi connectivity index (χ1v) is 19.8. The third-order valence-corrected chi connectivity index (χ3v) is 22.2. The second-order valence-electron chi connectivity index (χ2n) is 8.98. The van der Waals surface area contributed by atoms with Crippen LogP contribution in [0.3, 0.4) is 0 Å². The molecule has 1 amide bonds. The second-order valence-corrected chi connectivity index (χ2v) is 22.1. The van der Waals surface area contributed by atoms with E-state index in [1.165, 1.54) is 0 Å². The molecule has 0 N–H and O–H groups in total. The van der Waals surface area contributed by atoms with Crippen LogP contribution in [0.5, 0.6) is 0 Å². The third-order valence-electron chi connectivity index (χ3n) is 6.46. The molecule has 0 saturated carbocycles. The number of halogens is 3. The zero-order valence-corrected chi connectivity index (χ0v) is 23.1. The quantitative estimate of drug-likeness (QED) is 0.226. The van der Waals surface area contributed by atoms with Crippen molar-refractivity contribution in [3.63, 3.8) is 0 Å². The zero-order valence-electron chi connectivity index (χ0n) is 20.3. The maximum atomic E-state index is 13.7. The monoisotopic (exact) mass is 569 g/mol. The van der Waals surface area contributed by atoms with E-state index in [2.05, 4.69) is 20.8 Å². The van der Waals surface area contributed by atoms with E-state index in [-0.39, 0.29) is 6.54 Å². The number of hydrogen-bond donors (Lipinski definition) is 0. The van der Waals surface area contributed by atoms with Gasteiger partial charge >= 0.3 is 202 Å². The van der Waals surface area contributed by atoms with Gasteiger partial charge in [-0.15, -0.1) is 0 Å². The van der Waals surface area contributed by atoms with Crippen LogP contribution in [0.15, 0.2) is 54.6 Å². The van der Waals surface area contributed by atoms with Gasteiger partial charge in [0.1, 0.15) is 0 Å². The van der Waals surface area contributed by atoms with E-state index in [9.17, 15) is 18.0 Å². The van der Waals surface area contributed by atoms with Gasteiger partial charge < -0.3 is 0 Å². The number of amides is 1. The SMILES string of the molecule is CCC[CH2][Sn]([CH2]CCC)([CH2]CCC)[c]1ccccc1N(Cc1ccccc1)C(=O)C(F)(F)F. The molecule has 0 atom stereocenters. The van der Waals surface area contributed by atoms with E-state index in [0.717, 1.165) is 60.3 Å². The molecule has 6 heteroatoms. The first-order chi connectivity index (χ1) is 15.8. The Balaban J connectivity index is 2.65. The first kappa shape index (κ1) is 27.7. The van der Waals surface area contributed by atoms with Crippen molar-refractivity contribution in [3.05, 3.63) is 60.2 Å². The Morgan fingerprint density at radius 3 is 1.76 bits per heavy atom. The Labute approximate surface area is 201 Å². The van der Waals surface area contributed by atoms with Crippen LogP contribution in [0.4, 0.5) is 18.9 Å². The van der Waals surface area contributed by atoms with Crippen LogP contribution in [0, 0.1) is 0 Å². The topological polar surface area (TPSA) is 20.3 Å². The molecule has 0 saturated heterocycles. The molecular weight excluding hydrogens is 530 g/mol. The Hall–Kier alpha value is -1.50. The van der Waals surface area contributed by atoms with Gasteiger partial charge in [0.15, 0.2) is 0 Å². The van der Waals surface area contributed by atoms with Gasteiger partial charge in [-0.1, -0.05) is 0 Å². The van der Waals surface area contributed by atoms with Crippen molar-refractivity contribution >= 4 is 33.6 Å². The van der Waals surface area contributed by atoms with Crippen molar-refractivity contribution in [2.75, 3.05) is 4.90 Å². The van der Waals surface area contributed by atoms with Crippen molar-refractivity contribution in [2.24, 2.45) is 0 Å². The number of carbonyl (C=O) groups is 1. The van der Waals surface area contributed by atoms with Crippen LogP contribution in [0.1, 0.15) is 64.9 Å². The molecule has 0 aliphatic rings. The van der Waals surface area contributed by atoms with Gasteiger partial charge in [0.25, 0.3) is 0 Å². The number of anilines is 1. The number of unbranched alkanes of at least 4 members (excludes halogenated alkanes) is 3. The summed E-state index contributed by atoms with van der Waals surface area (Å²) in [5.41, 5.74) is 1.18. The van der Waals surface area contributed by atoms with Gasteiger partial charge in [0.05, 0.1) is 0 Å². The standard InChI is InChI=1S/C15H11F3NO.3C4H9.Sn/c16-15(17,18)14(20)19(13-9-5-2-6-10-13)11-12-7-3-1-4-8-12;3*1-3-4-2;/h1-9H,11H2;3*1,3-4H2,2H3;. The molecule has 0 unspecified atom stereocenters. The molecule has 2 aromatic carbocycles. The van der Waals surface area contributed by atoms with Crippen LogP contribution in [0.25, 0.3) is 0 Å². The van der Waals surface area contributed by atoms with Crippen LogP contribution >= 0.6 is 0 Å². The predicted octanol–water partition coefficient (Wildman–Crippen LogP) is 7.84. The Morgan fingerprint density at radius 2 is 1.27 bits per heavy atom. The third kappa shape index (κ3) is 7.76. The van der Waals surface area contributed by atoms with Crippen molar-refractivity contribution < 1.29 is 18.0 Å². The number of para-hydroxylation sites is 1. The molecule has 0 aromatic heterocycles. The number of nitrogens with zero attached hydrogens (tertiary/aromatic N) is 1. The summed E-state index contributed by atoms with van der Waals surface area (Å²) < 4.78 is 45.7. The molecule has 2 aromatic rings. The Kier molecular flexibility index (Phi) is 11.3. The molecule has 0 aliphatic carbocycles. The second kappa shape index (κ2) is 13.4. The summed E-state index contributed by atoms with van der Waals surface area (Å²) in [5.74, 6) is -1.78. The molecule has 0 fully saturated rings. The van der Waals surface area contributed by atoms with Gasteiger partial charge in [0, 0.05) is 0 Å². The summed E-state index contributed by atoms with van der Waals surface area (Å²) in [7, 11) is 0. The van der Waals surface area contributed by atoms with E-state index >= 15 is 0 Å². The van der Waals surface area contributed by atoms with Gasteiger partial charge in [-0.2, -0.15) is 0 Å². The average Bonchev–Trinajstić information content (AvgIpc) is 2.82. The van der Waals surface area contributed by atoms with Gasteiger partial charge in [-0.25, -0.2) is 0 Å². The van der Waals surface area contributed by atoms with Crippen molar-refractivity contribution in [1.29, 1.82) is 0 Å². The number of benzene rings is 2. The zero-order chi connectivity index (χ0) is 24.3. The van der Waals surface area contributed by atoms with E-state index in [4.69, 9.17) is 0 Å². The van der Waals surface area contributed by atoms with E-state index in [0.29, 0.717) is 11.3 Å². The molecule has 0 bridgehead atoms. The van der Waals surface area contributed by atoms with Gasteiger partial charge in [0.2, 0.25) is 0 Å². The van der Waals surface area contributed by atoms with Crippen LogP contribution in [-0.4, -0.2) is 30.5 Å². The number of rotatable bonds is 13. The molecule has 0 aliphatic heterocycles. The minimum absolute atomic E-state index is 0.0759. The maximum absolute atomic E-state index is 13.7. The molecule has 2 rings (SSSR count). The Morgan fingerprint density at radius 1 is 0.788 bits per heavy atom. The first-order valence-electron chi connectivity index (χ1n) is 12.3. The fourth-order valence-corrected chi connectivity index (χ4v) is 21.4. The molecular formula is C27H38F3NOSn. The van der Waals surface area contributed by atoms with E-state index < -0.39 is 30.5 Å². The number of hydrogen-bond acceptors (Lipinski definition) is 1. The van der Waals surface area contributed by atoms with Crippen LogP contribution in [-0.2, 0) is 11.3 Å². The number of carbonyl (C=O) groups excluding carboxylic acids is 1. The van der Waals surface area contributed by atoms with Crippen molar-refractivity contribution in [3.8, 4) is 0 Å². The average molecular weight is 568 g/mol. The van der Waals surface area contributed by atoms with Crippen molar-refractivity contribution in [1.82, 2.24) is 0 Å². The molecule has 182 valence electrons. The minimum atomic E-state index is -4.92. The van der Waals surface area contributed by atoms with Crippen molar-refractivity contribution in [2.45, 2.75) is 85.3 Å². The Bertz CT molecular complexity index is 832. The fourth-order valence-electron chi connectivity index (χ4n) is 4.67. The molecule has 0 radical (unpaired) electrons. The predicted molar refractivity (Wildman–Crippen MR) is 135 cm³/mol.